The van der Waals surface area contributed by atoms with Crippen LogP contribution in [0.25, 0.3) is 0 Å². The SMILES string of the molecule is CCCCC#C[B]C#CCCCC. The quantitative estimate of drug-likeness (QED) is 0.348. The first-order valence-electron chi connectivity index (χ1n) is 5.20. The van der Waals surface area contributed by atoms with E-state index >= 15 is 0 Å². The van der Waals surface area contributed by atoms with Crippen LogP contribution in [0, 0.1) is 23.5 Å². The van der Waals surface area contributed by atoms with E-state index in [1.807, 2.05) is 0 Å². The Labute approximate surface area is 83.7 Å². The molecule has 0 aliphatic rings. The van der Waals surface area contributed by atoms with E-state index < -0.39 is 0 Å². The van der Waals surface area contributed by atoms with E-state index in [2.05, 4.69) is 37.3 Å². The first-order chi connectivity index (χ1) is 6.41. The summed E-state index contributed by atoms with van der Waals surface area (Å²) in [6.45, 7) is 4.35. The molecule has 0 saturated heterocycles. The summed E-state index contributed by atoms with van der Waals surface area (Å²) in [6, 6.07) is 0. The van der Waals surface area contributed by atoms with Crippen LogP contribution in [0.2, 0.25) is 0 Å². The summed E-state index contributed by atoms with van der Waals surface area (Å²) in [5.74, 6) is 12.0. The summed E-state index contributed by atoms with van der Waals surface area (Å²) in [6.07, 6.45) is 6.84. The van der Waals surface area contributed by atoms with Gasteiger partial charge in [-0.05, 0) is 12.8 Å². The van der Waals surface area contributed by atoms with Gasteiger partial charge in [0.1, 0.15) is 0 Å². The van der Waals surface area contributed by atoms with Crippen LogP contribution in [-0.2, 0) is 0 Å². The van der Waals surface area contributed by atoms with Crippen LogP contribution in [0.4, 0.5) is 0 Å². The Morgan fingerprint density at radius 1 is 0.846 bits per heavy atom. The van der Waals surface area contributed by atoms with Crippen molar-refractivity contribution in [3.05, 3.63) is 0 Å². The third-order valence-electron chi connectivity index (χ3n) is 1.66. The van der Waals surface area contributed by atoms with Crippen LogP contribution in [0.15, 0.2) is 0 Å². The van der Waals surface area contributed by atoms with Crippen molar-refractivity contribution in [3.8, 4) is 23.5 Å². The molecule has 0 N–H and O–H groups in total. The topological polar surface area (TPSA) is 0 Å². The molecule has 0 heterocycles. The van der Waals surface area contributed by atoms with Crippen LogP contribution >= 0.6 is 0 Å². The van der Waals surface area contributed by atoms with E-state index in [1.54, 1.807) is 7.28 Å². The maximum atomic E-state index is 3.07. The van der Waals surface area contributed by atoms with Gasteiger partial charge in [0.2, 0.25) is 0 Å². The maximum Gasteiger partial charge on any atom is 0.314 e. The summed E-state index contributed by atoms with van der Waals surface area (Å²) in [5, 5.41) is 0. The van der Waals surface area contributed by atoms with Crippen molar-refractivity contribution in [1.82, 2.24) is 0 Å². The number of rotatable bonds is 4. The number of hydrogen-bond acceptors (Lipinski definition) is 0. The molecule has 0 bridgehead atoms. The van der Waals surface area contributed by atoms with Crippen LogP contribution in [0.3, 0.4) is 0 Å². The number of unbranched alkanes of at least 4 members (excludes halogenated alkanes) is 4. The van der Waals surface area contributed by atoms with Gasteiger partial charge in [0.15, 0.2) is 0 Å². The Kier molecular flexibility index (Phi) is 10.5. The molecule has 0 aromatic carbocycles. The second-order valence-corrected chi connectivity index (χ2v) is 2.99. The predicted octanol–water partition coefficient (Wildman–Crippen LogP) is 2.99. The van der Waals surface area contributed by atoms with Gasteiger partial charge in [-0.15, -0.1) is 23.5 Å². The Balaban J connectivity index is 3.28. The molecule has 13 heavy (non-hydrogen) atoms. The maximum absolute atomic E-state index is 3.07. The van der Waals surface area contributed by atoms with Gasteiger partial charge in [0.05, 0.1) is 0 Å². The van der Waals surface area contributed by atoms with Gasteiger partial charge in [0.25, 0.3) is 0 Å². The molecule has 1 radical (unpaired) electrons. The monoisotopic (exact) mass is 173 g/mol. The average Bonchev–Trinajstić information content (AvgIpc) is 2.16. The highest BCUT2D eigenvalue weighted by Crippen LogP contribution is 1.90. The van der Waals surface area contributed by atoms with Gasteiger partial charge in [-0.3, -0.25) is 0 Å². The minimum atomic E-state index is 1.00. The van der Waals surface area contributed by atoms with E-state index in [-0.39, 0.29) is 0 Å². The Hall–Kier alpha value is -0.815. The average molecular weight is 173 g/mol. The molecule has 0 amide bonds. The summed E-state index contributed by atoms with van der Waals surface area (Å²) in [7, 11) is 1.77. The second-order valence-electron chi connectivity index (χ2n) is 2.99. The standard InChI is InChI=1S/C12H18B/c1-3-5-7-9-11-13-12-10-8-6-4-2/h3-8H2,1-2H3. The Morgan fingerprint density at radius 3 is 1.69 bits per heavy atom. The van der Waals surface area contributed by atoms with Gasteiger partial charge in [0, 0.05) is 12.8 Å². The smallest absolute Gasteiger partial charge is 0.144 e. The van der Waals surface area contributed by atoms with E-state index in [4.69, 9.17) is 0 Å². The Morgan fingerprint density at radius 2 is 1.31 bits per heavy atom. The molecule has 69 valence electrons. The zero-order chi connectivity index (χ0) is 9.78. The second kappa shape index (κ2) is 11.2. The first-order valence-corrected chi connectivity index (χ1v) is 5.20. The van der Waals surface area contributed by atoms with Crippen molar-refractivity contribution in [2.75, 3.05) is 0 Å². The summed E-state index contributed by atoms with van der Waals surface area (Å²) in [5.41, 5.74) is 0. The molecule has 0 aromatic rings. The van der Waals surface area contributed by atoms with E-state index in [1.165, 1.54) is 25.7 Å². The molecular weight excluding hydrogens is 155 g/mol. The minimum Gasteiger partial charge on any atom is -0.144 e. The summed E-state index contributed by atoms with van der Waals surface area (Å²) in [4.78, 5) is 0. The van der Waals surface area contributed by atoms with Gasteiger partial charge in [-0.25, -0.2) is 0 Å². The van der Waals surface area contributed by atoms with Crippen molar-refractivity contribution in [1.29, 1.82) is 0 Å². The van der Waals surface area contributed by atoms with E-state index in [0.717, 1.165) is 12.8 Å². The molecule has 0 fully saturated rings. The van der Waals surface area contributed by atoms with Crippen molar-refractivity contribution < 1.29 is 0 Å². The Bertz CT molecular complexity index is 185. The largest absolute Gasteiger partial charge is 0.314 e. The molecule has 0 spiro atoms. The number of hydrogen-bond donors (Lipinski definition) is 0. The van der Waals surface area contributed by atoms with Gasteiger partial charge in [-0.1, -0.05) is 26.7 Å². The predicted molar refractivity (Wildman–Crippen MR) is 60.4 cm³/mol. The van der Waals surface area contributed by atoms with Crippen LogP contribution in [0.5, 0.6) is 0 Å². The molecule has 0 aliphatic carbocycles. The normalized spacial score (nSPS) is 7.85. The molecule has 0 aliphatic heterocycles. The highest BCUT2D eigenvalue weighted by Gasteiger charge is 1.78. The molecule has 0 saturated carbocycles. The lowest BCUT2D eigenvalue weighted by molar-refractivity contribution is 0.828. The van der Waals surface area contributed by atoms with Crippen molar-refractivity contribution >= 4 is 7.28 Å². The molecule has 0 nitrogen and oxygen atoms in total. The van der Waals surface area contributed by atoms with E-state index in [0.29, 0.717) is 0 Å². The third-order valence-corrected chi connectivity index (χ3v) is 1.66. The van der Waals surface area contributed by atoms with Crippen molar-refractivity contribution in [2.24, 2.45) is 0 Å². The fourth-order valence-corrected chi connectivity index (χ4v) is 0.813. The zero-order valence-electron chi connectivity index (χ0n) is 8.82. The highest BCUT2D eigenvalue weighted by molar-refractivity contribution is 6.55. The summed E-state index contributed by atoms with van der Waals surface area (Å²) >= 11 is 0. The lowest BCUT2D eigenvalue weighted by Crippen LogP contribution is -1.79. The highest BCUT2D eigenvalue weighted by atomic mass is 13.8. The fourth-order valence-electron chi connectivity index (χ4n) is 0.813. The molecule has 1 heteroatoms. The molecule has 0 atom stereocenters. The molecule has 0 aromatic heterocycles. The molecule has 0 rings (SSSR count). The van der Waals surface area contributed by atoms with Crippen molar-refractivity contribution in [2.45, 2.75) is 52.4 Å². The summed E-state index contributed by atoms with van der Waals surface area (Å²) < 4.78 is 0. The lowest BCUT2D eigenvalue weighted by atomic mass is 9.81. The van der Waals surface area contributed by atoms with Gasteiger partial charge < -0.3 is 0 Å². The van der Waals surface area contributed by atoms with Crippen LogP contribution in [0.1, 0.15) is 52.4 Å². The fraction of sp³-hybridized carbons (Fsp3) is 0.667. The zero-order valence-corrected chi connectivity index (χ0v) is 8.82. The van der Waals surface area contributed by atoms with Crippen molar-refractivity contribution in [3.63, 3.8) is 0 Å². The molecular formula is C12H18B. The van der Waals surface area contributed by atoms with E-state index in [9.17, 15) is 0 Å². The van der Waals surface area contributed by atoms with Crippen LogP contribution < -0.4 is 0 Å². The van der Waals surface area contributed by atoms with Gasteiger partial charge in [-0.2, -0.15) is 0 Å². The lowest BCUT2D eigenvalue weighted by Gasteiger charge is -1.83. The van der Waals surface area contributed by atoms with Crippen LogP contribution in [-0.4, -0.2) is 7.28 Å². The van der Waals surface area contributed by atoms with Gasteiger partial charge >= 0.3 is 7.28 Å². The third kappa shape index (κ3) is 11.2. The first kappa shape index (κ1) is 12.2. The minimum absolute atomic E-state index is 1.00. The molecule has 0 unspecified atom stereocenters.